The van der Waals surface area contributed by atoms with Crippen LogP contribution in [-0.2, 0) is 0 Å². The third-order valence-electron chi connectivity index (χ3n) is 3.33. The summed E-state index contributed by atoms with van der Waals surface area (Å²) in [6.45, 7) is 4.10. The predicted octanol–water partition coefficient (Wildman–Crippen LogP) is 4.08. The zero-order valence-electron chi connectivity index (χ0n) is 12.2. The second-order valence-corrected chi connectivity index (χ2v) is 5.34. The van der Waals surface area contributed by atoms with E-state index in [1.807, 2.05) is 24.3 Å². The van der Waals surface area contributed by atoms with E-state index < -0.39 is 0 Å². The maximum absolute atomic E-state index is 5.87. The van der Waals surface area contributed by atoms with Crippen LogP contribution in [0.15, 0.2) is 48.5 Å². The fourth-order valence-electron chi connectivity index (χ4n) is 2.28. The first-order valence-electron chi connectivity index (χ1n) is 7.03. The molecule has 0 saturated heterocycles. The van der Waals surface area contributed by atoms with Gasteiger partial charge in [0.05, 0.1) is 0 Å². The number of nitrogens with one attached hydrogen (secondary N) is 1. The van der Waals surface area contributed by atoms with Gasteiger partial charge >= 0.3 is 0 Å². The minimum Gasteiger partial charge on any atom is -0.384 e. The highest BCUT2D eigenvalue weighted by Crippen LogP contribution is 2.26. The number of aromatic nitrogens is 2. The topological polar surface area (TPSA) is 63.8 Å². The zero-order valence-corrected chi connectivity index (χ0v) is 12.2. The number of nitrogen functional groups attached to an aromatic ring is 1. The largest absolute Gasteiger partial charge is 0.384 e. The molecule has 1 aromatic heterocycles. The summed E-state index contributed by atoms with van der Waals surface area (Å²) < 4.78 is 0. The second kappa shape index (κ2) is 5.40. The van der Waals surface area contributed by atoms with E-state index in [0.717, 1.165) is 22.7 Å². The summed E-state index contributed by atoms with van der Waals surface area (Å²) in [5.74, 6) is 2.19. The van der Waals surface area contributed by atoms with E-state index in [2.05, 4.69) is 47.3 Å². The van der Waals surface area contributed by atoms with Gasteiger partial charge in [-0.05, 0) is 11.5 Å². The van der Waals surface area contributed by atoms with Gasteiger partial charge < -0.3 is 11.1 Å². The van der Waals surface area contributed by atoms with Crippen LogP contribution in [-0.4, -0.2) is 9.97 Å². The zero-order chi connectivity index (χ0) is 14.8. The molecule has 3 aromatic rings. The summed E-state index contributed by atoms with van der Waals surface area (Å²) in [6.07, 6.45) is 0. The quantitative estimate of drug-likeness (QED) is 0.757. The average molecular weight is 278 g/mol. The van der Waals surface area contributed by atoms with Crippen molar-refractivity contribution in [1.82, 2.24) is 9.97 Å². The molecule has 21 heavy (non-hydrogen) atoms. The maximum Gasteiger partial charge on any atom is 0.136 e. The smallest absolute Gasteiger partial charge is 0.136 e. The molecular formula is C17H18N4. The lowest BCUT2D eigenvalue weighted by Crippen LogP contribution is -2.05. The summed E-state index contributed by atoms with van der Waals surface area (Å²) in [5, 5.41) is 5.70. The molecule has 0 aliphatic carbocycles. The number of hydrogen-bond acceptors (Lipinski definition) is 4. The highest BCUT2D eigenvalue weighted by molar-refractivity contribution is 5.95. The van der Waals surface area contributed by atoms with Crippen LogP contribution in [0.2, 0.25) is 0 Å². The van der Waals surface area contributed by atoms with Gasteiger partial charge in [0.2, 0.25) is 0 Å². The Morgan fingerprint density at radius 3 is 2.57 bits per heavy atom. The molecule has 0 amide bonds. The second-order valence-electron chi connectivity index (χ2n) is 5.34. The van der Waals surface area contributed by atoms with Crippen LogP contribution in [0.25, 0.3) is 10.8 Å². The highest BCUT2D eigenvalue weighted by Gasteiger charge is 2.08. The molecule has 0 unspecified atom stereocenters. The van der Waals surface area contributed by atoms with Crippen molar-refractivity contribution in [3.63, 3.8) is 0 Å². The van der Waals surface area contributed by atoms with Crippen molar-refractivity contribution >= 4 is 28.1 Å². The number of nitrogens with two attached hydrogens (primary N) is 1. The Morgan fingerprint density at radius 2 is 1.76 bits per heavy atom. The van der Waals surface area contributed by atoms with E-state index in [4.69, 9.17) is 5.73 Å². The highest BCUT2D eigenvalue weighted by atomic mass is 15.1. The summed E-state index contributed by atoms with van der Waals surface area (Å²) in [5.41, 5.74) is 6.89. The number of rotatable bonds is 3. The van der Waals surface area contributed by atoms with Gasteiger partial charge in [0.25, 0.3) is 0 Å². The van der Waals surface area contributed by atoms with Crippen molar-refractivity contribution in [2.24, 2.45) is 0 Å². The first-order valence-corrected chi connectivity index (χ1v) is 7.03. The first kappa shape index (κ1) is 13.4. The lowest BCUT2D eigenvalue weighted by molar-refractivity contribution is 0.779. The van der Waals surface area contributed by atoms with Crippen LogP contribution in [0.4, 0.5) is 17.3 Å². The van der Waals surface area contributed by atoms with Crippen molar-refractivity contribution < 1.29 is 0 Å². The van der Waals surface area contributed by atoms with E-state index in [1.165, 1.54) is 5.39 Å². The molecule has 1 heterocycles. The van der Waals surface area contributed by atoms with Gasteiger partial charge in [-0.2, -0.15) is 0 Å². The van der Waals surface area contributed by atoms with Crippen LogP contribution in [0.5, 0.6) is 0 Å². The molecule has 3 N–H and O–H groups in total. The molecule has 0 saturated carbocycles. The fraction of sp³-hybridized carbons (Fsp3) is 0.176. The van der Waals surface area contributed by atoms with Gasteiger partial charge in [0, 0.05) is 23.1 Å². The molecule has 4 nitrogen and oxygen atoms in total. The van der Waals surface area contributed by atoms with Crippen molar-refractivity contribution in [1.29, 1.82) is 0 Å². The van der Waals surface area contributed by atoms with E-state index in [9.17, 15) is 0 Å². The molecule has 106 valence electrons. The summed E-state index contributed by atoms with van der Waals surface area (Å²) in [7, 11) is 0. The Balaban J connectivity index is 2.03. The summed E-state index contributed by atoms with van der Waals surface area (Å²) >= 11 is 0. The SMILES string of the molecule is CC(C)c1nc(N)cc(Nc2cccc3ccccc23)n1. The van der Waals surface area contributed by atoms with Gasteiger partial charge in [-0.3, -0.25) is 0 Å². The molecule has 0 atom stereocenters. The molecule has 4 heteroatoms. The predicted molar refractivity (Wildman–Crippen MR) is 87.8 cm³/mol. The minimum atomic E-state index is 0.238. The van der Waals surface area contributed by atoms with Crippen molar-refractivity contribution in [2.75, 3.05) is 11.1 Å². The molecule has 0 aliphatic rings. The molecule has 3 rings (SSSR count). The number of benzene rings is 2. The van der Waals surface area contributed by atoms with E-state index in [0.29, 0.717) is 5.82 Å². The van der Waals surface area contributed by atoms with Crippen LogP contribution in [0.3, 0.4) is 0 Å². The Hall–Kier alpha value is -2.62. The van der Waals surface area contributed by atoms with Gasteiger partial charge in [0.15, 0.2) is 0 Å². The molecule has 0 radical (unpaired) electrons. The lowest BCUT2D eigenvalue weighted by Gasteiger charge is -2.12. The number of nitrogens with zero attached hydrogens (tertiary/aromatic N) is 2. The standard InChI is InChI=1S/C17H18N4/c1-11(2)17-20-15(18)10-16(21-17)19-14-9-5-7-12-6-3-4-8-13(12)14/h3-11H,1-2H3,(H3,18,19,20,21). The summed E-state index contributed by atoms with van der Waals surface area (Å²) in [4.78, 5) is 8.80. The molecule has 0 aliphatic heterocycles. The van der Waals surface area contributed by atoms with Crippen molar-refractivity contribution in [2.45, 2.75) is 19.8 Å². The van der Waals surface area contributed by atoms with Crippen LogP contribution in [0.1, 0.15) is 25.6 Å². The lowest BCUT2D eigenvalue weighted by atomic mass is 10.1. The van der Waals surface area contributed by atoms with Crippen molar-refractivity contribution in [3.8, 4) is 0 Å². The fourth-order valence-corrected chi connectivity index (χ4v) is 2.28. The van der Waals surface area contributed by atoms with E-state index in [1.54, 1.807) is 6.07 Å². The van der Waals surface area contributed by atoms with Gasteiger partial charge in [-0.1, -0.05) is 50.2 Å². The van der Waals surface area contributed by atoms with E-state index in [-0.39, 0.29) is 5.92 Å². The molecular weight excluding hydrogens is 260 g/mol. The monoisotopic (exact) mass is 278 g/mol. The third kappa shape index (κ3) is 2.79. The van der Waals surface area contributed by atoms with Crippen LogP contribution < -0.4 is 11.1 Å². The average Bonchev–Trinajstić information content (AvgIpc) is 2.47. The van der Waals surface area contributed by atoms with Gasteiger partial charge in [-0.15, -0.1) is 0 Å². The van der Waals surface area contributed by atoms with Crippen molar-refractivity contribution in [3.05, 3.63) is 54.4 Å². The summed E-state index contributed by atoms with van der Waals surface area (Å²) in [6, 6.07) is 16.2. The van der Waals surface area contributed by atoms with E-state index >= 15 is 0 Å². The Bertz CT molecular complexity index is 775. The van der Waals surface area contributed by atoms with Crippen LogP contribution >= 0.6 is 0 Å². The number of hydrogen-bond donors (Lipinski definition) is 2. The third-order valence-corrected chi connectivity index (χ3v) is 3.33. The van der Waals surface area contributed by atoms with Gasteiger partial charge in [-0.25, -0.2) is 9.97 Å². The number of anilines is 3. The first-order chi connectivity index (χ1) is 10.1. The minimum absolute atomic E-state index is 0.238. The van der Waals surface area contributed by atoms with Gasteiger partial charge in [0.1, 0.15) is 17.5 Å². The molecule has 2 aromatic carbocycles. The molecule has 0 spiro atoms. The normalized spacial score (nSPS) is 11.0. The molecule has 0 bridgehead atoms. The van der Waals surface area contributed by atoms with Crippen LogP contribution in [0, 0.1) is 0 Å². The Morgan fingerprint density at radius 1 is 1.00 bits per heavy atom. The molecule has 0 fully saturated rings. The number of fused-ring (bicyclic) bond motifs is 1. The maximum atomic E-state index is 5.87. The Kier molecular flexibility index (Phi) is 3.44. The Labute approximate surface area is 124 Å².